The van der Waals surface area contributed by atoms with E-state index in [9.17, 15) is 9.59 Å². The molecule has 6 heteroatoms. The van der Waals surface area contributed by atoms with Gasteiger partial charge in [-0.05, 0) is 12.5 Å². The Bertz CT molecular complexity index is 546. The summed E-state index contributed by atoms with van der Waals surface area (Å²) >= 11 is 0. The van der Waals surface area contributed by atoms with Crippen LogP contribution in [0.25, 0.3) is 0 Å². The Morgan fingerprint density at radius 1 is 1.47 bits per heavy atom. The fourth-order valence-electron chi connectivity index (χ4n) is 1.56. The molecule has 0 radical (unpaired) electrons. The first-order chi connectivity index (χ1) is 9.13. The van der Waals surface area contributed by atoms with Gasteiger partial charge in [0.2, 0.25) is 11.8 Å². The Kier molecular flexibility index (Phi) is 4.02. The summed E-state index contributed by atoms with van der Waals surface area (Å²) in [5.74, 6) is -0.482. The molecule has 0 atom stereocenters. The average Bonchev–Trinajstić information content (AvgIpc) is 2.77. The molecule has 0 unspecified atom stereocenters. The van der Waals surface area contributed by atoms with Gasteiger partial charge in [-0.2, -0.15) is 10.2 Å². The van der Waals surface area contributed by atoms with E-state index in [2.05, 4.69) is 21.1 Å². The molecule has 0 saturated carbocycles. The maximum absolute atomic E-state index is 11.5. The van der Waals surface area contributed by atoms with Crippen molar-refractivity contribution < 1.29 is 9.59 Å². The van der Waals surface area contributed by atoms with E-state index in [4.69, 9.17) is 0 Å². The molecule has 19 heavy (non-hydrogen) atoms. The Morgan fingerprint density at radius 2 is 2.21 bits per heavy atom. The molecule has 2 amide bonds. The summed E-state index contributed by atoms with van der Waals surface area (Å²) in [6.07, 6.45) is 1.82. The zero-order chi connectivity index (χ0) is 13.7. The fraction of sp³-hybridized carbons (Fsp3) is 0.231. The second-order valence-corrected chi connectivity index (χ2v) is 4.27. The highest BCUT2D eigenvalue weighted by Crippen LogP contribution is 2.01. The summed E-state index contributed by atoms with van der Waals surface area (Å²) in [6.45, 7) is 2.00. The lowest BCUT2D eigenvalue weighted by molar-refractivity contribution is -0.119. The number of hydrogen-bond acceptors (Lipinski definition) is 4. The number of carbonyl (C=O) groups excluding carboxylic acids is 2. The molecular weight excluding hydrogens is 244 g/mol. The highest BCUT2D eigenvalue weighted by molar-refractivity contribution is 6.11. The van der Waals surface area contributed by atoms with Crippen molar-refractivity contribution in [3.63, 3.8) is 0 Å². The zero-order valence-electron chi connectivity index (χ0n) is 10.5. The van der Waals surface area contributed by atoms with E-state index in [1.807, 2.05) is 31.2 Å². The number of aryl methyl sites for hydroxylation is 1. The van der Waals surface area contributed by atoms with Gasteiger partial charge in [0, 0.05) is 0 Å². The van der Waals surface area contributed by atoms with Crippen molar-refractivity contribution >= 4 is 23.7 Å². The number of nitrogens with zero attached hydrogens (tertiary/aromatic N) is 2. The highest BCUT2D eigenvalue weighted by atomic mass is 16.2. The van der Waals surface area contributed by atoms with Crippen LogP contribution >= 0.6 is 0 Å². The summed E-state index contributed by atoms with van der Waals surface area (Å²) in [6, 6.07) is 7.75. The summed E-state index contributed by atoms with van der Waals surface area (Å²) < 4.78 is 0. The number of nitrogens with one attached hydrogen (secondary N) is 2. The predicted molar refractivity (Wildman–Crippen MR) is 71.7 cm³/mol. The number of amides is 2. The molecule has 1 aliphatic rings. The molecule has 6 nitrogen and oxygen atoms in total. The second-order valence-electron chi connectivity index (χ2n) is 4.27. The van der Waals surface area contributed by atoms with E-state index in [0.29, 0.717) is 5.71 Å². The monoisotopic (exact) mass is 258 g/mol. The molecule has 1 aliphatic heterocycles. The van der Waals surface area contributed by atoms with Crippen molar-refractivity contribution in [3.05, 3.63) is 35.4 Å². The predicted octanol–water partition coefficient (Wildman–Crippen LogP) is 0.711. The third-order valence-corrected chi connectivity index (χ3v) is 2.55. The molecule has 0 bridgehead atoms. The van der Waals surface area contributed by atoms with Gasteiger partial charge >= 0.3 is 0 Å². The Balaban J connectivity index is 1.80. The lowest BCUT2D eigenvalue weighted by atomic mass is 10.2. The van der Waals surface area contributed by atoms with Gasteiger partial charge in [-0.15, -0.1) is 0 Å². The average molecular weight is 258 g/mol. The van der Waals surface area contributed by atoms with Gasteiger partial charge < -0.3 is 0 Å². The number of hydrazone groups is 2. The zero-order valence-corrected chi connectivity index (χ0v) is 10.5. The normalized spacial score (nSPS) is 14.4. The second kappa shape index (κ2) is 5.90. The first kappa shape index (κ1) is 12.9. The molecule has 1 aromatic rings. The molecular formula is C13H14N4O2. The molecule has 0 aliphatic carbocycles. The first-order valence-corrected chi connectivity index (χ1v) is 5.86. The van der Waals surface area contributed by atoms with Crippen LogP contribution in [0.15, 0.2) is 34.5 Å². The van der Waals surface area contributed by atoms with Crippen molar-refractivity contribution in [2.75, 3.05) is 0 Å². The summed E-state index contributed by atoms with van der Waals surface area (Å²) in [4.78, 5) is 22.4. The van der Waals surface area contributed by atoms with E-state index in [-0.39, 0.29) is 24.7 Å². The maximum Gasteiger partial charge on any atom is 0.245 e. The molecule has 2 rings (SSSR count). The van der Waals surface area contributed by atoms with Crippen LogP contribution in [0.2, 0.25) is 0 Å². The van der Waals surface area contributed by atoms with Crippen LogP contribution in [-0.2, 0) is 9.59 Å². The van der Waals surface area contributed by atoms with Crippen LogP contribution in [0.4, 0.5) is 0 Å². The van der Waals surface area contributed by atoms with Gasteiger partial charge in [-0.1, -0.05) is 29.8 Å². The minimum atomic E-state index is -0.293. The topological polar surface area (TPSA) is 82.9 Å². The van der Waals surface area contributed by atoms with Crippen molar-refractivity contribution in [1.29, 1.82) is 0 Å². The molecule has 1 aromatic carbocycles. The maximum atomic E-state index is 11.5. The van der Waals surface area contributed by atoms with Gasteiger partial charge in [0.15, 0.2) is 0 Å². The van der Waals surface area contributed by atoms with Gasteiger partial charge in [0.1, 0.15) is 0 Å². The number of carbonyl (C=O) groups is 2. The van der Waals surface area contributed by atoms with E-state index in [1.165, 1.54) is 0 Å². The van der Waals surface area contributed by atoms with Gasteiger partial charge in [-0.25, -0.2) is 10.9 Å². The smallest absolute Gasteiger partial charge is 0.245 e. The lowest BCUT2D eigenvalue weighted by Crippen LogP contribution is -2.20. The van der Waals surface area contributed by atoms with Crippen LogP contribution in [-0.4, -0.2) is 23.7 Å². The van der Waals surface area contributed by atoms with Crippen molar-refractivity contribution in [1.82, 2.24) is 10.9 Å². The molecule has 0 fully saturated rings. The van der Waals surface area contributed by atoms with Crippen LogP contribution in [0.1, 0.15) is 24.0 Å². The summed E-state index contributed by atoms with van der Waals surface area (Å²) in [7, 11) is 0. The fourth-order valence-corrected chi connectivity index (χ4v) is 1.56. The summed E-state index contributed by atoms with van der Waals surface area (Å²) in [5.41, 5.74) is 7.28. The minimum absolute atomic E-state index is 0.0734. The Labute approximate surface area is 110 Å². The van der Waals surface area contributed by atoms with Gasteiger partial charge in [0.25, 0.3) is 0 Å². The first-order valence-electron chi connectivity index (χ1n) is 5.86. The lowest BCUT2D eigenvalue weighted by Gasteiger charge is -1.98. The molecule has 0 aromatic heterocycles. The third kappa shape index (κ3) is 4.02. The van der Waals surface area contributed by atoms with Crippen LogP contribution < -0.4 is 10.9 Å². The van der Waals surface area contributed by atoms with Crippen molar-refractivity contribution in [2.45, 2.75) is 19.8 Å². The standard InChI is InChI=1S/C13H14N4O2/c1-9-2-4-10(5-3-9)8-14-16-12(18)6-11-7-13(19)17-15-11/h2-5,8H,6-7H2,1H3,(H,16,18)(H,17,19)/b14-8+. The molecule has 0 spiro atoms. The highest BCUT2D eigenvalue weighted by Gasteiger charge is 2.16. The molecule has 1 heterocycles. The van der Waals surface area contributed by atoms with E-state index in [1.54, 1.807) is 6.21 Å². The SMILES string of the molecule is Cc1ccc(/C=N/NC(=O)CC2=NNC(=O)C2)cc1. The third-order valence-electron chi connectivity index (χ3n) is 2.55. The quantitative estimate of drug-likeness (QED) is 0.616. The number of benzene rings is 1. The minimum Gasteiger partial charge on any atom is -0.273 e. The van der Waals surface area contributed by atoms with Gasteiger partial charge in [0.05, 0.1) is 24.8 Å². The number of hydrogen-bond donors (Lipinski definition) is 2. The number of rotatable bonds is 4. The largest absolute Gasteiger partial charge is 0.273 e. The van der Waals surface area contributed by atoms with Crippen molar-refractivity contribution in [3.8, 4) is 0 Å². The molecule has 98 valence electrons. The van der Waals surface area contributed by atoms with E-state index < -0.39 is 0 Å². The van der Waals surface area contributed by atoms with E-state index in [0.717, 1.165) is 11.1 Å². The van der Waals surface area contributed by atoms with Crippen LogP contribution in [0.3, 0.4) is 0 Å². The van der Waals surface area contributed by atoms with E-state index >= 15 is 0 Å². The molecule has 0 saturated heterocycles. The van der Waals surface area contributed by atoms with Crippen LogP contribution in [0.5, 0.6) is 0 Å². The van der Waals surface area contributed by atoms with Gasteiger partial charge in [-0.3, -0.25) is 9.59 Å². The Hall–Kier alpha value is -2.50. The van der Waals surface area contributed by atoms with Crippen molar-refractivity contribution in [2.24, 2.45) is 10.2 Å². The Morgan fingerprint density at radius 3 is 2.84 bits per heavy atom. The summed E-state index contributed by atoms with van der Waals surface area (Å²) in [5, 5.41) is 7.58. The molecule has 2 N–H and O–H groups in total. The van der Waals surface area contributed by atoms with Crippen LogP contribution in [0, 0.1) is 6.92 Å².